The van der Waals surface area contributed by atoms with Crippen molar-refractivity contribution < 1.29 is 0 Å². The molecule has 1 aliphatic rings. The first kappa shape index (κ1) is 14.3. The molecule has 112 valence electrons. The summed E-state index contributed by atoms with van der Waals surface area (Å²) < 4.78 is 2.21. The molecule has 3 rings (SSSR count). The van der Waals surface area contributed by atoms with Crippen LogP contribution in [0.5, 0.6) is 0 Å². The first-order valence-corrected chi connectivity index (χ1v) is 7.95. The van der Waals surface area contributed by atoms with Crippen LogP contribution in [0.15, 0.2) is 30.5 Å². The van der Waals surface area contributed by atoms with Crippen LogP contribution in [0.3, 0.4) is 0 Å². The van der Waals surface area contributed by atoms with Crippen LogP contribution in [0.2, 0.25) is 0 Å². The van der Waals surface area contributed by atoms with Gasteiger partial charge < -0.3 is 4.57 Å². The summed E-state index contributed by atoms with van der Waals surface area (Å²) in [7, 11) is 0. The van der Waals surface area contributed by atoms with Crippen molar-refractivity contribution in [1.82, 2.24) is 14.5 Å². The number of hydrogen-bond acceptors (Lipinski definition) is 2. The predicted molar refractivity (Wildman–Crippen MR) is 86.9 cm³/mol. The van der Waals surface area contributed by atoms with E-state index in [1.54, 1.807) is 0 Å². The zero-order valence-corrected chi connectivity index (χ0v) is 13.5. The molecule has 0 aromatic carbocycles. The van der Waals surface area contributed by atoms with Crippen LogP contribution in [-0.2, 0) is 0 Å². The Labute approximate surface area is 127 Å². The van der Waals surface area contributed by atoms with Crippen LogP contribution in [0.1, 0.15) is 49.7 Å². The Morgan fingerprint density at radius 2 is 1.81 bits per heavy atom. The van der Waals surface area contributed by atoms with Crippen molar-refractivity contribution in [3.63, 3.8) is 0 Å². The minimum atomic E-state index is 0.540. The van der Waals surface area contributed by atoms with Crippen LogP contribution < -0.4 is 0 Å². The van der Waals surface area contributed by atoms with Gasteiger partial charge in [-0.25, -0.2) is 4.98 Å². The van der Waals surface area contributed by atoms with E-state index in [4.69, 9.17) is 4.98 Å². The molecular formula is C18H25N3. The van der Waals surface area contributed by atoms with E-state index in [0.29, 0.717) is 12.1 Å². The minimum Gasteiger partial charge on any atom is -0.303 e. The third-order valence-electron chi connectivity index (χ3n) is 4.61. The van der Waals surface area contributed by atoms with Gasteiger partial charge in [-0.1, -0.05) is 6.07 Å². The second-order valence-electron chi connectivity index (χ2n) is 6.39. The second-order valence-corrected chi connectivity index (χ2v) is 6.39. The van der Waals surface area contributed by atoms with Crippen LogP contribution in [0.25, 0.3) is 5.82 Å². The fourth-order valence-corrected chi connectivity index (χ4v) is 3.52. The molecule has 0 spiro atoms. The van der Waals surface area contributed by atoms with Gasteiger partial charge in [-0.2, -0.15) is 0 Å². The predicted octanol–water partition coefficient (Wildman–Crippen LogP) is 4.03. The number of aryl methyl sites for hydroxylation is 2. The lowest BCUT2D eigenvalue weighted by molar-refractivity contribution is 0.205. The van der Waals surface area contributed by atoms with Crippen molar-refractivity contribution in [2.45, 2.75) is 52.6 Å². The molecule has 0 saturated carbocycles. The molecule has 0 N–H and O–H groups in total. The van der Waals surface area contributed by atoms with Crippen molar-refractivity contribution in [1.29, 1.82) is 0 Å². The Morgan fingerprint density at radius 3 is 2.38 bits per heavy atom. The molecule has 3 nitrogen and oxygen atoms in total. The highest BCUT2D eigenvalue weighted by atomic mass is 15.2. The summed E-state index contributed by atoms with van der Waals surface area (Å²) in [6.07, 6.45) is 4.61. The molecule has 1 saturated heterocycles. The van der Waals surface area contributed by atoms with Crippen LogP contribution >= 0.6 is 0 Å². The van der Waals surface area contributed by atoms with Crippen LogP contribution in [0, 0.1) is 13.8 Å². The van der Waals surface area contributed by atoms with E-state index < -0.39 is 0 Å². The molecule has 2 aromatic heterocycles. The summed E-state index contributed by atoms with van der Waals surface area (Å²) >= 11 is 0. The number of hydrogen-bond donors (Lipinski definition) is 0. The number of rotatable bonds is 3. The van der Waals surface area contributed by atoms with Gasteiger partial charge in [-0.3, -0.25) is 4.90 Å². The van der Waals surface area contributed by atoms with E-state index in [-0.39, 0.29) is 0 Å². The molecule has 21 heavy (non-hydrogen) atoms. The van der Waals surface area contributed by atoms with Crippen molar-refractivity contribution >= 4 is 0 Å². The van der Waals surface area contributed by atoms with E-state index >= 15 is 0 Å². The average molecular weight is 283 g/mol. The summed E-state index contributed by atoms with van der Waals surface area (Å²) in [4.78, 5) is 7.30. The molecule has 2 aromatic rings. The normalized spacial score (nSPS) is 19.6. The molecule has 3 heteroatoms. The highest BCUT2D eigenvalue weighted by molar-refractivity contribution is 5.33. The lowest BCUT2D eigenvalue weighted by Gasteiger charge is -2.28. The van der Waals surface area contributed by atoms with Crippen molar-refractivity contribution in [2.24, 2.45) is 0 Å². The standard InChI is InChI=1S/C18H25N3/c1-13(2)20-11-5-6-17(20)16-9-10-18(19-12-16)21-14(3)7-8-15(21)4/h7-10,12-13,17H,5-6,11H2,1-4H3/t17-/m0/s1. The summed E-state index contributed by atoms with van der Waals surface area (Å²) in [5.74, 6) is 1.02. The van der Waals surface area contributed by atoms with Gasteiger partial charge in [0.25, 0.3) is 0 Å². The summed E-state index contributed by atoms with van der Waals surface area (Å²) in [5.41, 5.74) is 3.82. The van der Waals surface area contributed by atoms with Gasteiger partial charge in [0.15, 0.2) is 0 Å². The highest BCUT2D eigenvalue weighted by Gasteiger charge is 2.27. The van der Waals surface area contributed by atoms with Gasteiger partial charge in [-0.05, 0) is 70.8 Å². The molecular weight excluding hydrogens is 258 g/mol. The van der Waals surface area contributed by atoms with E-state index in [9.17, 15) is 0 Å². The fraction of sp³-hybridized carbons (Fsp3) is 0.500. The van der Waals surface area contributed by atoms with E-state index in [2.05, 4.69) is 67.6 Å². The smallest absolute Gasteiger partial charge is 0.136 e. The third kappa shape index (κ3) is 2.62. The lowest BCUT2D eigenvalue weighted by Crippen LogP contribution is -2.30. The molecule has 0 unspecified atom stereocenters. The minimum absolute atomic E-state index is 0.540. The summed E-state index contributed by atoms with van der Waals surface area (Å²) in [5, 5.41) is 0. The highest BCUT2D eigenvalue weighted by Crippen LogP contribution is 2.33. The molecule has 1 fully saturated rings. The number of likely N-dealkylation sites (tertiary alicyclic amines) is 1. The van der Waals surface area contributed by atoms with E-state index in [1.165, 1.54) is 36.3 Å². The Kier molecular flexibility index (Phi) is 3.85. The SMILES string of the molecule is Cc1ccc(C)n1-c1ccc([C@@H]2CCCN2C(C)C)cn1. The first-order valence-electron chi connectivity index (χ1n) is 7.95. The molecule has 0 amide bonds. The fourth-order valence-electron chi connectivity index (χ4n) is 3.52. The lowest BCUT2D eigenvalue weighted by atomic mass is 10.1. The zero-order chi connectivity index (χ0) is 15.0. The topological polar surface area (TPSA) is 21.1 Å². The van der Waals surface area contributed by atoms with E-state index in [1.807, 2.05) is 0 Å². The zero-order valence-electron chi connectivity index (χ0n) is 13.5. The number of aromatic nitrogens is 2. The monoisotopic (exact) mass is 283 g/mol. The van der Waals surface area contributed by atoms with Crippen molar-refractivity contribution in [3.8, 4) is 5.82 Å². The third-order valence-corrected chi connectivity index (χ3v) is 4.61. The van der Waals surface area contributed by atoms with Crippen LogP contribution in [-0.4, -0.2) is 27.0 Å². The Bertz CT molecular complexity index is 590. The Balaban J connectivity index is 1.88. The number of pyridine rings is 1. The van der Waals surface area contributed by atoms with Crippen molar-refractivity contribution in [2.75, 3.05) is 6.54 Å². The largest absolute Gasteiger partial charge is 0.303 e. The Morgan fingerprint density at radius 1 is 1.10 bits per heavy atom. The molecule has 1 aliphatic heterocycles. The van der Waals surface area contributed by atoms with Gasteiger partial charge in [0, 0.05) is 29.7 Å². The van der Waals surface area contributed by atoms with Crippen LogP contribution in [0.4, 0.5) is 0 Å². The number of nitrogens with zero attached hydrogens (tertiary/aromatic N) is 3. The molecule has 1 atom stereocenters. The van der Waals surface area contributed by atoms with E-state index in [0.717, 1.165) is 5.82 Å². The maximum atomic E-state index is 4.72. The maximum absolute atomic E-state index is 4.72. The quantitative estimate of drug-likeness (QED) is 0.848. The second kappa shape index (κ2) is 5.64. The molecule has 0 aliphatic carbocycles. The van der Waals surface area contributed by atoms with Gasteiger partial charge in [0.1, 0.15) is 5.82 Å². The van der Waals surface area contributed by atoms with Gasteiger partial charge in [0.2, 0.25) is 0 Å². The Hall–Kier alpha value is -1.61. The van der Waals surface area contributed by atoms with Gasteiger partial charge >= 0.3 is 0 Å². The maximum Gasteiger partial charge on any atom is 0.136 e. The molecule has 0 radical (unpaired) electrons. The summed E-state index contributed by atoms with van der Waals surface area (Å²) in [6, 6.07) is 9.84. The summed E-state index contributed by atoms with van der Waals surface area (Å²) in [6.45, 7) is 10.0. The molecule has 3 heterocycles. The van der Waals surface area contributed by atoms with Gasteiger partial charge in [-0.15, -0.1) is 0 Å². The first-order chi connectivity index (χ1) is 10.1. The van der Waals surface area contributed by atoms with Gasteiger partial charge in [0.05, 0.1) is 0 Å². The molecule has 0 bridgehead atoms. The van der Waals surface area contributed by atoms with Crippen molar-refractivity contribution in [3.05, 3.63) is 47.4 Å². The average Bonchev–Trinajstić information content (AvgIpc) is 3.07.